The van der Waals surface area contributed by atoms with E-state index in [1.807, 2.05) is 55.5 Å². The van der Waals surface area contributed by atoms with E-state index < -0.39 is 6.10 Å². The van der Waals surface area contributed by atoms with E-state index in [4.69, 9.17) is 34.5 Å². The van der Waals surface area contributed by atoms with E-state index in [1.54, 1.807) is 33.5 Å². The first-order valence-corrected chi connectivity index (χ1v) is 11.4. The minimum atomic E-state index is -0.881. The summed E-state index contributed by atoms with van der Waals surface area (Å²) in [6, 6.07) is 20.4. The highest BCUT2D eigenvalue weighted by molar-refractivity contribution is 6.42. The maximum atomic E-state index is 10.9. The fourth-order valence-corrected chi connectivity index (χ4v) is 4.07. The van der Waals surface area contributed by atoms with Crippen LogP contribution in [0.25, 0.3) is 11.0 Å². The molecule has 3 aromatic carbocycles. The van der Waals surface area contributed by atoms with Gasteiger partial charge in [-0.2, -0.15) is 5.10 Å². The number of halogens is 2. The van der Waals surface area contributed by atoms with Crippen molar-refractivity contribution < 1.29 is 5.11 Å². The van der Waals surface area contributed by atoms with Gasteiger partial charge in [-0.05, 0) is 48.4 Å². The molecule has 1 heterocycles. The first kappa shape index (κ1) is 23.8. The Kier molecular flexibility index (Phi) is 7.17. The fraction of sp³-hybridized carbons (Fsp3) is 0.160. The van der Waals surface area contributed by atoms with Gasteiger partial charge in [0.25, 0.3) is 0 Å². The lowest BCUT2D eigenvalue weighted by Crippen LogP contribution is -2.29. The van der Waals surface area contributed by atoms with Gasteiger partial charge in [0, 0.05) is 0 Å². The molecule has 174 valence electrons. The molecule has 4 aromatic rings. The van der Waals surface area contributed by atoms with Crippen LogP contribution >= 0.6 is 23.2 Å². The van der Waals surface area contributed by atoms with Gasteiger partial charge in [0.2, 0.25) is 5.62 Å². The molecule has 0 saturated heterocycles. The molecule has 0 spiro atoms. The second-order valence-electron chi connectivity index (χ2n) is 7.86. The van der Waals surface area contributed by atoms with Gasteiger partial charge in [0.15, 0.2) is 0 Å². The predicted molar refractivity (Wildman–Crippen MR) is 138 cm³/mol. The standard InChI is InChI=1S/C25H24Cl2N6O/c1-16-6-2-3-7-21(16)30-13-18(31-29)14-32-22-8-4-5-9-23(22)33(25(32)28)15-24(34)17-10-11-19(26)20(27)12-17/h2-13,24,28,34H,14-15,29H2,1H3. The van der Waals surface area contributed by atoms with E-state index in [2.05, 4.69) is 10.1 Å². The van der Waals surface area contributed by atoms with Gasteiger partial charge in [-0.15, -0.1) is 0 Å². The number of rotatable bonds is 7. The van der Waals surface area contributed by atoms with Gasteiger partial charge in [-0.1, -0.05) is 59.6 Å². The molecule has 34 heavy (non-hydrogen) atoms. The SMILES string of the molecule is Cc1ccccc1N=CC(Cn1c(=N)n(CC(O)c2ccc(Cl)c(Cl)c2)c2ccccc21)=NN. The molecule has 0 bridgehead atoms. The highest BCUT2D eigenvalue weighted by atomic mass is 35.5. The fourth-order valence-electron chi connectivity index (χ4n) is 3.77. The largest absolute Gasteiger partial charge is 0.387 e. The minimum absolute atomic E-state index is 0.163. The number of para-hydroxylation sites is 3. The van der Waals surface area contributed by atoms with Crippen LogP contribution in [0.1, 0.15) is 17.2 Å². The van der Waals surface area contributed by atoms with Crippen molar-refractivity contribution >= 4 is 51.8 Å². The summed E-state index contributed by atoms with van der Waals surface area (Å²) in [5.74, 6) is 5.66. The average molecular weight is 495 g/mol. The molecule has 1 atom stereocenters. The number of aliphatic hydroxyl groups excluding tert-OH is 1. The van der Waals surface area contributed by atoms with Gasteiger partial charge in [0.1, 0.15) is 0 Å². The molecule has 0 aliphatic heterocycles. The molecule has 1 unspecified atom stereocenters. The number of nitrogens with zero attached hydrogens (tertiary/aromatic N) is 4. The zero-order chi connectivity index (χ0) is 24.2. The number of aliphatic hydroxyl groups is 1. The molecule has 9 heteroatoms. The summed E-state index contributed by atoms with van der Waals surface area (Å²) in [5, 5.41) is 24.4. The molecule has 0 aliphatic rings. The summed E-state index contributed by atoms with van der Waals surface area (Å²) in [5.41, 5.74) is 4.81. The maximum absolute atomic E-state index is 10.9. The summed E-state index contributed by atoms with van der Waals surface area (Å²) in [4.78, 5) is 4.51. The van der Waals surface area contributed by atoms with E-state index in [9.17, 15) is 5.11 Å². The summed E-state index contributed by atoms with van der Waals surface area (Å²) < 4.78 is 3.53. The molecule has 4 rings (SSSR count). The Balaban J connectivity index is 1.66. The quantitative estimate of drug-likeness (QED) is 0.191. The van der Waals surface area contributed by atoms with Crippen molar-refractivity contribution in [3.05, 3.63) is 93.5 Å². The van der Waals surface area contributed by atoms with Gasteiger partial charge >= 0.3 is 0 Å². The van der Waals surface area contributed by atoms with E-state index in [-0.39, 0.29) is 18.7 Å². The van der Waals surface area contributed by atoms with Crippen molar-refractivity contribution in [1.29, 1.82) is 5.41 Å². The van der Waals surface area contributed by atoms with E-state index in [1.165, 1.54) is 0 Å². The first-order valence-electron chi connectivity index (χ1n) is 10.6. The normalized spacial score (nSPS) is 13.1. The predicted octanol–water partition coefficient (Wildman–Crippen LogP) is 4.99. The Morgan fingerprint density at radius 2 is 1.71 bits per heavy atom. The van der Waals surface area contributed by atoms with E-state index in [0.717, 1.165) is 22.3 Å². The van der Waals surface area contributed by atoms with Crippen molar-refractivity contribution in [3.8, 4) is 0 Å². The van der Waals surface area contributed by atoms with Crippen LogP contribution in [0.3, 0.4) is 0 Å². The molecule has 0 amide bonds. The van der Waals surface area contributed by atoms with E-state index >= 15 is 0 Å². The summed E-state index contributed by atoms with van der Waals surface area (Å²) >= 11 is 12.1. The highest BCUT2D eigenvalue weighted by Crippen LogP contribution is 2.27. The third kappa shape index (κ3) is 4.92. The Morgan fingerprint density at radius 3 is 2.38 bits per heavy atom. The summed E-state index contributed by atoms with van der Waals surface area (Å²) in [6.07, 6.45) is 0.735. The highest BCUT2D eigenvalue weighted by Gasteiger charge is 2.17. The molecule has 4 N–H and O–H groups in total. The zero-order valence-electron chi connectivity index (χ0n) is 18.5. The molecule has 0 radical (unpaired) electrons. The zero-order valence-corrected chi connectivity index (χ0v) is 20.0. The molecule has 7 nitrogen and oxygen atoms in total. The number of fused-ring (bicyclic) bond motifs is 1. The molecular weight excluding hydrogens is 471 g/mol. The first-order chi connectivity index (χ1) is 16.4. The molecule has 0 aliphatic carbocycles. The lowest BCUT2D eigenvalue weighted by Gasteiger charge is -2.13. The number of aryl methyl sites for hydroxylation is 1. The number of aliphatic imine (C=N–C) groups is 1. The smallest absolute Gasteiger partial charge is 0.203 e. The minimum Gasteiger partial charge on any atom is -0.387 e. The van der Waals surface area contributed by atoms with Gasteiger partial charge in [-0.25, -0.2) is 0 Å². The Hall–Kier alpha value is -3.39. The monoisotopic (exact) mass is 494 g/mol. The van der Waals surface area contributed by atoms with Gasteiger partial charge in [-0.3, -0.25) is 10.4 Å². The average Bonchev–Trinajstić information content (AvgIpc) is 3.10. The molecule has 0 saturated carbocycles. The van der Waals surface area contributed by atoms with Crippen LogP contribution in [0.5, 0.6) is 0 Å². The van der Waals surface area contributed by atoms with Crippen LogP contribution in [-0.2, 0) is 13.1 Å². The van der Waals surface area contributed by atoms with Crippen LogP contribution < -0.4 is 11.5 Å². The maximum Gasteiger partial charge on any atom is 0.203 e. The van der Waals surface area contributed by atoms with Crippen molar-refractivity contribution in [2.45, 2.75) is 26.1 Å². The lowest BCUT2D eigenvalue weighted by atomic mass is 10.1. The summed E-state index contributed by atoms with van der Waals surface area (Å²) in [6.45, 7) is 2.40. The number of benzene rings is 3. The van der Waals surface area contributed by atoms with Gasteiger partial charge < -0.3 is 20.1 Å². The second kappa shape index (κ2) is 10.3. The lowest BCUT2D eigenvalue weighted by molar-refractivity contribution is 0.156. The summed E-state index contributed by atoms with van der Waals surface area (Å²) in [7, 11) is 0. The Morgan fingerprint density at radius 1 is 1.03 bits per heavy atom. The third-order valence-corrected chi connectivity index (χ3v) is 6.35. The number of hydrazone groups is 1. The molecule has 0 fully saturated rings. The van der Waals surface area contributed by atoms with Crippen LogP contribution in [0.2, 0.25) is 10.0 Å². The van der Waals surface area contributed by atoms with Crippen LogP contribution in [0, 0.1) is 12.3 Å². The van der Waals surface area contributed by atoms with E-state index in [0.29, 0.717) is 21.3 Å². The number of aromatic nitrogens is 2. The number of hydrogen-bond donors (Lipinski definition) is 3. The topological polar surface area (TPSA) is 105 Å². The van der Waals surface area contributed by atoms with Crippen LogP contribution in [-0.4, -0.2) is 26.2 Å². The van der Waals surface area contributed by atoms with Gasteiger partial charge in [0.05, 0.1) is 57.9 Å². The Bertz CT molecular complexity index is 1450. The molecular formula is C25H24Cl2N6O. The number of hydrogen-bond acceptors (Lipinski definition) is 5. The number of imidazole rings is 1. The van der Waals surface area contributed by atoms with Crippen molar-refractivity contribution in [3.63, 3.8) is 0 Å². The number of nitrogens with one attached hydrogen (secondary N) is 1. The Labute approximate surface area is 206 Å². The van der Waals surface area contributed by atoms with Crippen molar-refractivity contribution in [1.82, 2.24) is 9.13 Å². The third-order valence-electron chi connectivity index (χ3n) is 5.61. The van der Waals surface area contributed by atoms with Crippen molar-refractivity contribution in [2.24, 2.45) is 15.9 Å². The van der Waals surface area contributed by atoms with Crippen LogP contribution in [0.4, 0.5) is 5.69 Å². The molecule has 1 aromatic heterocycles. The van der Waals surface area contributed by atoms with Crippen molar-refractivity contribution in [2.75, 3.05) is 0 Å². The second-order valence-corrected chi connectivity index (χ2v) is 8.68. The van der Waals surface area contributed by atoms with Crippen LogP contribution in [0.15, 0.2) is 76.8 Å². The number of nitrogens with two attached hydrogens (primary N) is 1.